The largest absolute Gasteiger partial charge is 0.339 e. The van der Waals surface area contributed by atoms with Crippen LogP contribution in [0.15, 0.2) is 48.8 Å². The van der Waals surface area contributed by atoms with Gasteiger partial charge in [-0.1, -0.05) is 0 Å². The van der Waals surface area contributed by atoms with Gasteiger partial charge in [-0.3, -0.25) is 14.6 Å². The molecule has 1 aromatic carbocycles. The van der Waals surface area contributed by atoms with E-state index in [1.165, 1.54) is 24.3 Å². The van der Waals surface area contributed by atoms with E-state index in [0.29, 0.717) is 44.1 Å². The van der Waals surface area contributed by atoms with Crippen molar-refractivity contribution in [2.75, 3.05) is 13.1 Å². The van der Waals surface area contributed by atoms with Crippen molar-refractivity contribution in [1.29, 1.82) is 0 Å². The molecule has 0 bridgehead atoms. The van der Waals surface area contributed by atoms with Gasteiger partial charge < -0.3 is 9.80 Å². The number of piperidine rings is 1. The number of carbonyl (C=O) groups excluding carboxylic acids is 2. The topological polar surface area (TPSA) is 53.5 Å². The third kappa shape index (κ3) is 4.21. The Labute approximate surface area is 164 Å². The molecular weight excluding hydrogens is 357 g/mol. The summed E-state index contributed by atoms with van der Waals surface area (Å²) in [5.41, 5.74) is 1.59. The number of carbonyl (C=O) groups is 2. The molecule has 1 aliphatic heterocycles. The van der Waals surface area contributed by atoms with Gasteiger partial charge in [0.2, 0.25) is 5.91 Å². The van der Waals surface area contributed by atoms with Gasteiger partial charge in [-0.05, 0) is 67.6 Å². The van der Waals surface area contributed by atoms with E-state index in [-0.39, 0.29) is 23.5 Å². The van der Waals surface area contributed by atoms with Crippen LogP contribution in [0.4, 0.5) is 4.39 Å². The van der Waals surface area contributed by atoms with Gasteiger partial charge in [0.1, 0.15) is 5.82 Å². The maximum Gasteiger partial charge on any atom is 0.253 e. The molecule has 1 saturated carbocycles. The van der Waals surface area contributed by atoms with Gasteiger partial charge in [0.05, 0.1) is 0 Å². The van der Waals surface area contributed by atoms with Crippen LogP contribution < -0.4 is 0 Å². The highest BCUT2D eigenvalue weighted by Crippen LogP contribution is 2.32. The fourth-order valence-electron chi connectivity index (χ4n) is 3.80. The molecule has 146 valence electrons. The summed E-state index contributed by atoms with van der Waals surface area (Å²) >= 11 is 0. The Morgan fingerprint density at radius 1 is 1.00 bits per heavy atom. The highest BCUT2D eigenvalue weighted by molar-refractivity contribution is 5.94. The summed E-state index contributed by atoms with van der Waals surface area (Å²) in [6.07, 6.45) is 6.99. The second kappa shape index (κ2) is 8.09. The first kappa shape index (κ1) is 18.6. The van der Waals surface area contributed by atoms with Crippen molar-refractivity contribution in [2.24, 2.45) is 5.92 Å². The number of benzene rings is 1. The monoisotopic (exact) mass is 381 g/mol. The third-order valence-electron chi connectivity index (χ3n) is 5.60. The second-order valence-electron chi connectivity index (χ2n) is 7.63. The number of halogens is 1. The molecule has 28 heavy (non-hydrogen) atoms. The molecule has 2 aliphatic rings. The summed E-state index contributed by atoms with van der Waals surface area (Å²) in [6.45, 7) is 1.74. The lowest BCUT2D eigenvalue weighted by Gasteiger charge is -2.34. The minimum absolute atomic E-state index is 0.0419. The number of aromatic nitrogens is 1. The van der Waals surface area contributed by atoms with Gasteiger partial charge in [0, 0.05) is 49.6 Å². The summed E-state index contributed by atoms with van der Waals surface area (Å²) in [4.78, 5) is 33.5. The van der Waals surface area contributed by atoms with E-state index in [0.717, 1.165) is 18.4 Å². The van der Waals surface area contributed by atoms with Crippen molar-refractivity contribution in [3.63, 3.8) is 0 Å². The van der Waals surface area contributed by atoms with Gasteiger partial charge in [-0.25, -0.2) is 4.39 Å². The first-order chi connectivity index (χ1) is 13.6. The minimum atomic E-state index is -0.352. The third-order valence-corrected chi connectivity index (χ3v) is 5.60. The molecule has 6 heteroatoms. The van der Waals surface area contributed by atoms with Crippen molar-refractivity contribution in [2.45, 2.75) is 38.3 Å². The Bertz CT molecular complexity index is 829. The average molecular weight is 381 g/mol. The van der Waals surface area contributed by atoms with Crippen molar-refractivity contribution in [3.05, 3.63) is 65.7 Å². The van der Waals surface area contributed by atoms with Crippen molar-refractivity contribution < 1.29 is 14.0 Å². The van der Waals surface area contributed by atoms with Crippen LogP contribution in [0.5, 0.6) is 0 Å². The van der Waals surface area contributed by atoms with Crippen molar-refractivity contribution >= 4 is 11.8 Å². The molecule has 2 heterocycles. The van der Waals surface area contributed by atoms with Gasteiger partial charge >= 0.3 is 0 Å². The molecule has 2 aromatic rings. The quantitative estimate of drug-likeness (QED) is 0.799. The van der Waals surface area contributed by atoms with Crippen LogP contribution in [-0.4, -0.2) is 45.7 Å². The van der Waals surface area contributed by atoms with Crippen LogP contribution in [0, 0.1) is 11.7 Å². The molecule has 1 aliphatic carbocycles. The van der Waals surface area contributed by atoms with E-state index < -0.39 is 0 Å². The maximum absolute atomic E-state index is 13.1. The van der Waals surface area contributed by atoms with Gasteiger partial charge in [-0.2, -0.15) is 0 Å². The van der Waals surface area contributed by atoms with E-state index in [1.807, 2.05) is 17.0 Å². The Balaban J connectivity index is 1.36. The predicted molar refractivity (Wildman–Crippen MR) is 103 cm³/mol. The molecule has 0 radical (unpaired) electrons. The molecule has 5 nitrogen and oxygen atoms in total. The fourth-order valence-corrected chi connectivity index (χ4v) is 3.80. The smallest absolute Gasteiger partial charge is 0.253 e. The minimum Gasteiger partial charge on any atom is -0.339 e. The SMILES string of the molecule is O=C(c1ccc(F)cc1)N1CCC(C(=O)N(Cc2ccncc2)C2CC2)CC1. The summed E-state index contributed by atoms with van der Waals surface area (Å²) in [5.74, 6) is -0.287. The highest BCUT2D eigenvalue weighted by Gasteiger charge is 2.37. The first-order valence-corrected chi connectivity index (χ1v) is 9.86. The number of rotatable bonds is 5. The zero-order valence-electron chi connectivity index (χ0n) is 15.8. The van der Waals surface area contributed by atoms with E-state index in [1.54, 1.807) is 17.3 Å². The lowest BCUT2D eigenvalue weighted by atomic mass is 9.94. The molecule has 0 atom stereocenters. The summed E-state index contributed by atoms with van der Waals surface area (Å²) in [5, 5.41) is 0. The van der Waals surface area contributed by atoms with E-state index >= 15 is 0 Å². The Morgan fingerprint density at radius 3 is 2.25 bits per heavy atom. The van der Waals surface area contributed by atoms with E-state index in [9.17, 15) is 14.0 Å². The average Bonchev–Trinajstić information content (AvgIpc) is 3.58. The summed E-state index contributed by atoms with van der Waals surface area (Å²) in [6, 6.07) is 9.88. The van der Waals surface area contributed by atoms with Crippen LogP contribution in [0.3, 0.4) is 0 Å². The molecule has 1 aromatic heterocycles. The van der Waals surface area contributed by atoms with E-state index in [4.69, 9.17) is 0 Å². The van der Waals surface area contributed by atoms with Gasteiger partial charge in [0.25, 0.3) is 5.91 Å². The lowest BCUT2D eigenvalue weighted by Crippen LogP contribution is -2.44. The van der Waals surface area contributed by atoms with Crippen LogP contribution in [-0.2, 0) is 11.3 Å². The number of nitrogens with zero attached hydrogens (tertiary/aromatic N) is 3. The number of likely N-dealkylation sites (tertiary alicyclic amines) is 1. The van der Waals surface area contributed by atoms with E-state index in [2.05, 4.69) is 4.98 Å². The molecule has 0 spiro atoms. The highest BCUT2D eigenvalue weighted by atomic mass is 19.1. The van der Waals surface area contributed by atoms with Crippen LogP contribution in [0.1, 0.15) is 41.6 Å². The number of amides is 2. The Kier molecular flexibility index (Phi) is 5.37. The molecule has 1 saturated heterocycles. The molecule has 4 rings (SSSR count). The zero-order valence-corrected chi connectivity index (χ0v) is 15.8. The number of pyridine rings is 1. The van der Waals surface area contributed by atoms with Crippen LogP contribution >= 0.6 is 0 Å². The fraction of sp³-hybridized carbons (Fsp3) is 0.409. The molecule has 0 N–H and O–H groups in total. The Morgan fingerprint density at radius 2 is 1.64 bits per heavy atom. The number of hydrogen-bond acceptors (Lipinski definition) is 3. The van der Waals surface area contributed by atoms with Crippen LogP contribution in [0.2, 0.25) is 0 Å². The summed E-state index contributed by atoms with van der Waals surface area (Å²) < 4.78 is 13.1. The molecule has 2 amide bonds. The zero-order chi connectivity index (χ0) is 19.5. The van der Waals surface area contributed by atoms with Gasteiger partial charge in [-0.15, -0.1) is 0 Å². The normalized spacial score (nSPS) is 17.4. The predicted octanol–water partition coefficient (Wildman–Crippen LogP) is 3.26. The molecule has 2 fully saturated rings. The van der Waals surface area contributed by atoms with Crippen LogP contribution in [0.25, 0.3) is 0 Å². The van der Waals surface area contributed by atoms with Crippen molar-refractivity contribution in [3.8, 4) is 0 Å². The standard InChI is InChI=1S/C22H24FN3O2/c23-19-3-1-17(2-4-19)21(27)25-13-9-18(10-14-25)22(28)26(20-5-6-20)15-16-7-11-24-12-8-16/h1-4,7-8,11-12,18,20H,5-6,9-10,13-15H2. The first-order valence-electron chi connectivity index (χ1n) is 9.86. The molecular formula is C22H24FN3O2. The Hall–Kier alpha value is -2.76. The lowest BCUT2D eigenvalue weighted by molar-refractivity contribution is -0.138. The van der Waals surface area contributed by atoms with Gasteiger partial charge in [0.15, 0.2) is 0 Å². The maximum atomic E-state index is 13.1. The molecule has 0 unspecified atom stereocenters. The van der Waals surface area contributed by atoms with Crippen molar-refractivity contribution in [1.82, 2.24) is 14.8 Å². The number of hydrogen-bond donors (Lipinski definition) is 0. The summed E-state index contributed by atoms with van der Waals surface area (Å²) in [7, 11) is 0. The second-order valence-corrected chi connectivity index (χ2v) is 7.63.